The van der Waals surface area contributed by atoms with Crippen molar-refractivity contribution in [1.82, 2.24) is 30.7 Å². The smallest absolute Gasteiger partial charge is 0.410 e. The van der Waals surface area contributed by atoms with Crippen LogP contribution in [0.15, 0.2) is 35.6 Å². The van der Waals surface area contributed by atoms with Gasteiger partial charge in [-0.25, -0.2) is 9.78 Å². The SMILES string of the molecule is CN=C(NCc1cccc(-c2ncn[nH]2)c1)NC1CCCN(C(=O)OC(C)(C)C)C1.I. The lowest BCUT2D eigenvalue weighted by atomic mass is 10.1. The maximum absolute atomic E-state index is 12.4. The largest absolute Gasteiger partial charge is 0.444 e. The maximum Gasteiger partial charge on any atom is 0.410 e. The maximum atomic E-state index is 12.4. The molecule has 31 heavy (non-hydrogen) atoms. The van der Waals surface area contributed by atoms with Gasteiger partial charge in [0.2, 0.25) is 0 Å². The molecule has 1 amide bonds. The summed E-state index contributed by atoms with van der Waals surface area (Å²) < 4.78 is 5.51. The standard InChI is InChI=1S/C21H31N7O2.HI/c1-21(2,3)30-20(29)28-10-6-9-17(13-28)26-19(22-4)23-12-15-7-5-8-16(11-15)18-24-14-25-27-18;/h5,7-8,11,14,17H,6,9-10,12-13H2,1-4H3,(H2,22,23,26)(H,24,25,27);1H. The van der Waals surface area contributed by atoms with Gasteiger partial charge in [0.15, 0.2) is 11.8 Å². The lowest BCUT2D eigenvalue weighted by Crippen LogP contribution is -2.53. The minimum atomic E-state index is -0.491. The molecule has 10 heteroatoms. The minimum absolute atomic E-state index is 0. The summed E-state index contributed by atoms with van der Waals surface area (Å²) in [4.78, 5) is 22.7. The molecule has 1 saturated heterocycles. The van der Waals surface area contributed by atoms with Crippen molar-refractivity contribution in [3.8, 4) is 11.4 Å². The van der Waals surface area contributed by atoms with Crippen LogP contribution in [-0.2, 0) is 11.3 Å². The number of likely N-dealkylation sites (tertiary alicyclic amines) is 1. The lowest BCUT2D eigenvalue weighted by Gasteiger charge is -2.35. The highest BCUT2D eigenvalue weighted by atomic mass is 127. The van der Waals surface area contributed by atoms with Gasteiger partial charge in [-0.15, -0.1) is 24.0 Å². The Labute approximate surface area is 200 Å². The number of piperidine rings is 1. The zero-order valence-electron chi connectivity index (χ0n) is 18.5. The third kappa shape index (κ3) is 7.67. The molecule has 1 aliphatic rings. The molecule has 0 aliphatic carbocycles. The van der Waals surface area contributed by atoms with Crippen LogP contribution >= 0.6 is 24.0 Å². The van der Waals surface area contributed by atoms with Crippen LogP contribution in [0.3, 0.4) is 0 Å². The highest BCUT2D eigenvalue weighted by molar-refractivity contribution is 14.0. The van der Waals surface area contributed by atoms with E-state index in [2.05, 4.69) is 36.9 Å². The number of amides is 1. The van der Waals surface area contributed by atoms with Gasteiger partial charge in [0, 0.05) is 38.3 Å². The number of carbonyl (C=O) groups excluding carboxylic acids is 1. The van der Waals surface area contributed by atoms with Gasteiger partial charge < -0.3 is 20.3 Å². The first-order valence-corrected chi connectivity index (χ1v) is 10.2. The van der Waals surface area contributed by atoms with Crippen LogP contribution < -0.4 is 10.6 Å². The third-order valence-electron chi connectivity index (χ3n) is 4.71. The number of nitrogens with one attached hydrogen (secondary N) is 3. The average molecular weight is 541 g/mol. The van der Waals surface area contributed by atoms with Crippen LogP contribution in [-0.4, -0.2) is 63.9 Å². The average Bonchev–Trinajstić information content (AvgIpc) is 3.25. The molecule has 3 N–H and O–H groups in total. The van der Waals surface area contributed by atoms with Crippen LogP contribution in [0, 0.1) is 0 Å². The van der Waals surface area contributed by atoms with Gasteiger partial charge in [0.25, 0.3) is 0 Å². The number of hydrogen-bond acceptors (Lipinski definition) is 5. The fourth-order valence-corrected chi connectivity index (χ4v) is 3.33. The number of aromatic nitrogens is 3. The minimum Gasteiger partial charge on any atom is -0.444 e. The number of H-pyrrole nitrogens is 1. The Morgan fingerprint density at radius 3 is 2.87 bits per heavy atom. The number of nitrogens with zero attached hydrogens (tertiary/aromatic N) is 4. The van der Waals surface area contributed by atoms with E-state index in [-0.39, 0.29) is 36.1 Å². The Kier molecular flexibility index (Phi) is 9.08. The van der Waals surface area contributed by atoms with Crippen molar-refractivity contribution in [3.63, 3.8) is 0 Å². The van der Waals surface area contributed by atoms with Crippen LogP contribution in [0.25, 0.3) is 11.4 Å². The molecule has 1 aliphatic heterocycles. The van der Waals surface area contributed by atoms with E-state index in [1.54, 1.807) is 11.9 Å². The summed E-state index contributed by atoms with van der Waals surface area (Å²) in [7, 11) is 1.74. The second-order valence-electron chi connectivity index (χ2n) is 8.37. The Morgan fingerprint density at radius 2 is 2.19 bits per heavy atom. The Balaban J connectivity index is 0.00000341. The normalized spacial score (nSPS) is 17.0. The van der Waals surface area contributed by atoms with Gasteiger partial charge in [-0.05, 0) is 45.2 Å². The topological polar surface area (TPSA) is 108 Å². The molecule has 1 fully saturated rings. The third-order valence-corrected chi connectivity index (χ3v) is 4.71. The van der Waals surface area contributed by atoms with E-state index in [0.29, 0.717) is 25.6 Å². The number of guanidine groups is 1. The van der Waals surface area contributed by atoms with Gasteiger partial charge in [0.1, 0.15) is 11.9 Å². The van der Waals surface area contributed by atoms with Crippen molar-refractivity contribution in [2.24, 2.45) is 4.99 Å². The number of hydrogen-bond donors (Lipinski definition) is 3. The molecule has 3 rings (SSSR count). The summed E-state index contributed by atoms with van der Waals surface area (Å²) in [6, 6.07) is 8.21. The summed E-state index contributed by atoms with van der Waals surface area (Å²) >= 11 is 0. The second kappa shape index (κ2) is 11.3. The Bertz CT molecular complexity index is 865. The highest BCUT2D eigenvalue weighted by Crippen LogP contribution is 2.16. The Hall–Kier alpha value is -2.37. The van der Waals surface area contributed by atoms with Crippen molar-refractivity contribution in [2.45, 2.75) is 51.8 Å². The zero-order chi connectivity index (χ0) is 21.6. The molecule has 9 nitrogen and oxygen atoms in total. The number of ether oxygens (including phenoxy) is 1. The molecule has 0 bridgehead atoms. The molecule has 0 saturated carbocycles. The monoisotopic (exact) mass is 541 g/mol. The molecule has 1 aromatic carbocycles. The predicted molar refractivity (Wildman–Crippen MR) is 131 cm³/mol. The molecule has 2 aromatic rings. The van der Waals surface area contributed by atoms with Crippen molar-refractivity contribution in [1.29, 1.82) is 0 Å². The summed E-state index contributed by atoms with van der Waals surface area (Å²) in [6.45, 7) is 7.57. The molecule has 0 radical (unpaired) electrons. The van der Waals surface area contributed by atoms with Gasteiger partial charge >= 0.3 is 6.09 Å². The Morgan fingerprint density at radius 1 is 1.39 bits per heavy atom. The first-order chi connectivity index (χ1) is 14.3. The van der Waals surface area contributed by atoms with Crippen molar-refractivity contribution >= 4 is 36.0 Å². The fraction of sp³-hybridized carbons (Fsp3) is 0.524. The first-order valence-electron chi connectivity index (χ1n) is 10.2. The van der Waals surface area contributed by atoms with Crippen molar-refractivity contribution < 1.29 is 9.53 Å². The van der Waals surface area contributed by atoms with Gasteiger partial charge in [-0.1, -0.05) is 18.2 Å². The number of aromatic amines is 1. The van der Waals surface area contributed by atoms with Crippen LogP contribution in [0.5, 0.6) is 0 Å². The van der Waals surface area contributed by atoms with Crippen LogP contribution in [0.2, 0.25) is 0 Å². The number of carbonyl (C=O) groups is 1. The lowest BCUT2D eigenvalue weighted by molar-refractivity contribution is 0.0193. The van der Waals surface area contributed by atoms with E-state index >= 15 is 0 Å². The molecule has 170 valence electrons. The van der Waals surface area contributed by atoms with E-state index < -0.39 is 5.60 Å². The molecule has 1 atom stereocenters. The molecule has 1 aromatic heterocycles. The van der Waals surface area contributed by atoms with Crippen molar-refractivity contribution in [2.75, 3.05) is 20.1 Å². The summed E-state index contributed by atoms with van der Waals surface area (Å²) in [5.41, 5.74) is 1.59. The first kappa shape index (κ1) is 24.9. The molecule has 2 heterocycles. The highest BCUT2D eigenvalue weighted by Gasteiger charge is 2.28. The van der Waals surface area contributed by atoms with E-state index in [0.717, 1.165) is 29.8 Å². The summed E-state index contributed by atoms with van der Waals surface area (Å²) in [5.74, 6) is 1.44. The van der Waals surface area contributed by atoms with Gasteiger partial charge in [-0.2, -0.15) is 5.10 Å². The summed E-state index contributed by atoms with van der Waals surface area (Å²) in [6.07, 6.45) is 3.13. The van der Waals surface area contributed by atoms with E-state index in [1.165, 1.54) is 6.33 Å². The fourth-order valence-electron chi connectivity index (χ4n) is 3.33. The molecule has 0 spiro atoms. The quantitative estimate of drug-likeness (QED) is 0.312. The van der Waals surface area contributed by atoms with Crippen LogP contribution in [0.1, 0.15) is 39.2 Å². The van der Waals surface area contributed by atoms with E-state index in [4.69, 9.17) is 4.74 Å². The number of rotatable bonds is 4. The molecular formula is C21H32IN7O2. The molecule has 1 unspecified atom stereocenters. The number of benzene rings is 1. The van der Waals surface area contributed by atoms with Gasteiger partial charge in [0.05, 0.1) is 0 Å². The van der Waals surface area contributed by atoms with Crippen molar-refractivity contribution in [3.05, 3.63) is 36.2 Å². The van der Waals surface area contributed by atoms with E-state index in [1.807, 2.05) is 39.0 Å². The zero-order valence-corrected chi connectivity index (χ0v) is 20.8. The van der Waals surface area contributed by atoms with Crippen LogP contribution in [0.4, 0.5) is 4.79 Å². The second-order valence-corrected chi connectivity index (χ2v) is 8.37. The molecular weight excluding hydrogens is 509 g/mol. The summed E-state index contributed by atoms with van der Waals surface area (Å²) in [5, 5.41) is 13.6. The predicted octanol–water partition coefficient (Wildman–Crippen LogP) is 3.15. The number of halogens is 1. The van der Waals surface area contributed by atoms with Gasteiger partial charge in [-0.3, -0.25) is 10.1 Å². The van der Waals surface area contributed by atoms with E-state index in [9.17, 15) is 4.79 Å². The number of aliphatic imine (C=N–C) groups is 1.